The smallest absolute Gasteiger partial charge is 0.397 e. The van der Waals surface area contributed by atoms with Crippen LogP contribution in [0.1, 0.15) is 89.6 Å². The highest BCUT2D eigenvalue weighted by molar-refractivity contribution is 7.42. The molecule has 4 aromatic rings. The molecular weight excluding hydrogens is 795 g/mol. The first kappa shape index (κ1) is 43.9. The van der Waals surface area contributed by atoms with Crippen LogP contribution in [0.3, 0.4) is 0 Å². The summed E-state index contributed by atoms with van der Waals surface area (Å²) in [4.78, 5) is 0. The van der Waals surface area contributed by atoms with Crippen LogP contribution in [0.15, 0.2) is 157 Å². The number of benzene rings is 4. The molecule has 0 N–H and O–H groups in total. The first-order valence-electron chi connectivity index (χ1n) is 21.7. The first-order chi connectivity index (χ1) is 29.2. The summed E-state index contributed by atoms with van der Waals surface area (Å²) in [7, 11) is -3.26. The fourth-order valence-corrected chi connectivity index (χ4v) is 11.7. The molecule has 3 atom stereocenters. The number of hydrogen-bond donors (Lipinski definition) is 0. The van der Waals surface area contributed by atoms with Gasteiger partial charge in [-0.25, -0.2) is 0 Å². The topological polar surface area (TPSA) is 55.4 Å². The molecular formula is C53H62O6P2. The van der Waals surface area contributed by atoms with Gasteiger partial charge in [0, 0.05) is 22.3 Å². The Balaban J connectivity index is 0.943. The standard InChI is InChI=1S/C53H62O6P2/c1-49(2,39-21-13-9-14-22-39)43-29-31-47(45(33-43)51(5,6)41-25-17-11-18-26-41)58-60-54-35-53(36-55-60)37-56-61(57-38-53)59-48-32-30-44(50(3,4)40-23-15-10-16-24-40)34-46(48)52(7,8)42-27-19-12-20-28-42/h9-23,25-34,40,45,47H,24,35-38H2,1-8H3. The average Bonchev–Trinajstić information content (AvgIpc) is 3.29. The summed E-state index contributed by atoms with van der Waals surface area (Å²) in [5.74, 6) is 1.21. The van der Waals surface area contributed by atoms with E-state index in [0.717, 1.165) is 17.7 Å². The SMILES string of the molecule is CC(C)(C1=CC(C(C)(C)c2ccccc2)C(OP2OCC3(COP(Oc4ccc(C(C)(C)C5C=CC=CC5)cc4C(C)(C)c4ccccc4)OC3)CO2)C=C1)c1ccccc1. The Morgan fingerprint density at radius 3 is 1.70 bits per heavy atom. The second-order valence-corrected chi connectivity index (χ2v) is 21.7. The lowest BCUT2D eigenvalue weighted by molar-refractivity contribution is -0.0754. The zero-order valence-electron chi connectivity index (χ0n) is 37.0. The molecule has 2 aliphatic heterocycles. The lowest BCUT2D eigenvalue weighted by Crippen LogP contribution is -2.45. The van der Waals surface area contributed by atoms with Crippen LogP contribution in [0.4, 0.5) is 0 Å². The highest BCUT2D eigenvalue weighted by Gasteiger charge is 2.47. The summed E-state index contributed by atoms with van der Waals surface area (Å²) in [5, 5.41) is 0. The van der Waals surface area contributed by atoms with Crippen molar-refractivity contribution >= 4 is 17.2 Å². The Bertz CT molecular complexity index is 2230. The highest BCUT2D eigenvalue weighted by atomic mass is 31.2. The van der Waals surface area contributed by atoms with Gasteiger partial charge in [0.25, 0.3) is 0 Å². The third-order valence-corrected chi connectivity index (χ3v) is 16.0. The molecule has 3 unspecified atom stereocenters. The van der Waals surface area contributed by atoms with E-state index >= 15 is 0 Å². The Labute approximate surface area is 367 Å². The molecule has 1 spiro atoms. The van der Waals surface area contributed by atoms with E-state index in [9.17, 15) is 0 Å². The van der Waals surface area contributed by atoms with Gasteiger partial charge in [-0.05, 0) is 57.1 Å². The molecule has 0 bridgehead atoms. The van der Waals surface area contributed by atoms with E-state index in [2.05, 4.69) is 207 Å². The van der Waals surface area contributed by atoms with Crippen molar-refractivity contribution < 1.29 is 27.1 Å². The normalized spacial score (nSPS) is 26.0. The van der Waals surface area contributed by atoms with E-state index in [1.807, 2.05) is 0 Å². The van der Waals surface area contributed by atoms with Crippen molar-refractivity contribution in [2.75, 3.05) is 26.4 Å². The maximum absolute atomic E-state index is 6.79. The van der Waals surface area contributed by atoms with Gasteiger partial charge in [-0.2, -0.15) is 0 Å². The van der Waals surface area contributed by atoms with Crippen molar-refractivity contribution in [3.63, 3.8) is 0 Å². The summed E-state index contributed by atoms with van der Waals surface area (Å²) in [6, 6.07) is 38.8. The van der Waals surface area contributed by atoms with E-state index in [1.54, 1.807) is 0 Å². The maximum Gasteiger partial charge on any atom is 0.397 e. The van der Waals surface area contributed by atoms with E-state index in [4.69, 9.17) is 27.1 Å². The molecule has 4 aliphatic rings. The molecule has 6 nitrogen and oxygen atoms in total. The van der Waals surface area contributed by atoms with Crippen LogP contribution in [0, 0.1) is 17.3 Å². The number of rotatable bonds is 12. The summed E-state index contributed by atoms with van der Waals surface area (Å²) in [6.07, 6.45) is 16.5. The predicted molar refractivity (Wildman–Crippen MR) is 250 cm³/mol. The van der Waals surface area contributed by atoms with Crippen molar-refractivity contribution in [3.8, 4) is 5.75 Å². The minimum Gasteiger partial charge on any atom is -0.426 e. The van der Waals surface area contributed by atoms with Gasteiger partial charge in [-0.15, -0.1) is 0 Å². The van der Waals surface area contributed by atoms with Gasteiger partial charge in [0.2, 0.25) is 0 Å². The maximum atomic E-state index is 6.79. The second-order valence-electron chi connectivity index (χ2n) is 19.4. The van der Waals surface area contributed by atoms with E-state index < -0.39 is 22.6 Å². The lowest BCUT2D eigenvalue weighted by atomic mass is 9.66. The van der Waals surface area contributed by atoms with Crippen LogP contribution in [0.25, 0.3) is 0 Å². The largest absolute Gasteiger partial charge is 0.426 e. The fourth-order valence-electron chi connectivity index (χ4n) is 9.10. The minimum absolute atomic E-state index is 0.0312. The van der Waals surface area contributed by atoms with Crippen LogP contribution >= 0.6 is 17.2 Å². The molecule has 8 rings (SSSR count). The van der Waals surface area contributed by atoms with Gasteiger partial charge < -0.3 is 27.1 Å². The Kier molecular flexibility index (Phi) is 12.8. The summed E-state index contributed by atoms with van der Waals surface area (Å²) < 4.78 is 39.1. The molecule has 2 aliphatic carbocycles. The highest BCUT2D eigenvalue weighted by Crippen LogP contribution is 2.56. The molecule has 0 saturated carbocycles. The lowest BCUT2D eigenvalue weighted by Gasteiger charge is -2.44. The first-order valence-corrected chi connectivity index (χ1v) is 23.9. The van der Waals surface area contributed by atoms with Crippen molar-refractivity contribution in [1.82, 2.24) is 0 Å². The zero-order valence-corrected chi connectivity index (χ0v) is 38.8. The molecule has 4 aromatic carbocycles. The monoisotopic (exact) mass is 856 g/mol. The number of allylic oxidation sites excluding steroid dienone is 6. The molecule has 2 saturated heterocycles. The summed E-state index contributed by atoms with van der Waals surface area (Å²) in [5.41, 5.74) is 6.13. The van der Waals surface area contributed by atoms with Gasteiger partial charge in [-0.1, -0.05) is 201 Å². The minimum atomic E-state index is -1.65. The van der Waals surface area contributed by atoms with Crippen LogP contribution in [0.2, 0.25) is 0 Å². The molecule has 320 valence electrons. The average molecular weight is 857 g/mol. The van der Waals surface area contributed by atoms with Gasteiger partial charge in [0.15, 0.2) is 0 Å². The van der Waals surface area contributed by atoms with Gasteiger partial charge in [-0.3, -0.25) is 0 Å². The zero-order chi connectivity index (χ0) is 42.9. The Hall–Kier alpha value is -3.70. The van der Waals surface area contributed by atoms with Gasteiger partial charge in [0.05, 0.1) is 37.9 Å². The van der Waals surface area contributed by atoms with Crippen molar-refractivity contribution in [2.45, 2.75) is 89.6 Å². The molecule has 0 aromatic heterocycles. The third kappa shape index (κ3) is 9.20. The molecule has 2 heterocycles. The van der Waals surface area contributed by atoms with Gasteiger partial charge in [0.1, 0.15) is 5.75 Å². The molecule has 2 fully saturated rings. The molecule has 61 heavy (non-hydrogen) atoms. The van der Waals surface area contributed by atoms with Crippen LogP contribution < -0.4 is 4.52 Å². The quantitative estimate of drug-likeness (QED) is 0.132. The third-order valence-electron chi connectivity index (χ3n) is 13.8. The molecule has 8 heteroatoms. The van der Waals surface area contributed by atoms with Crippen molar-refractivity contribution in [2.24, 2.45) is 17.3 Å². The van der Waals surface area contributed by atoms with Crippen LogP contribution in [0.5, 0.6) is 5.75 Å². The van der Waals surface area contributed by atoms with E-state index in [1.165, 1.54) is 27.8 Å². The van der Waals surface area contributed by atoms with Crippen LogP contribution in [-0.4, -0.2) is 32.5 Å². The predicted octanol–water partition coefficient (Wildman–Crippen LogP) is 13.8. The van der Waals surface area contributed by atoms with Crippen LogP contribution in [-0.2, 0) is 44.3 Å². The van der Waals surface area contributed by atoms with E-state index in [-0.39, 0.29) is 33.7 Å². The summed E-state index contributed by atoms with van der Waals surface area (Å²) >= 11 is 0. The van der Waals surface area contributed by atoms with Crippen molar-refractivity contribution in [1.29, 1.82) is 0 Å². The van der Waals surface area contributed by atoms with Gasteiger partial charge >= 0.3 is 17.2 Å². The molecule has 0 amide bonds. The Morgan fingerprint density at radius 2 is 1.13 bits per heavy atom. The molecule has 0 radical (unpaired) electrons. The summed E-state index contributed by atoms with van der Waals surface area (Å²) in [6.45, 7) is 20.0. The number of hydrogen-bond acceptors (Lipinski definition) is 6. The Morgan fingerprint density at radius 1 is 0.574 bits per heavy atom. The second kappa shape index (κ2) is 17.8. The fraction of sp³-hybridized carbons (Fsp3) is 0.396. The van der Waals surface area contributed by atoms with Crippen molar-refractivity contribution in [3.05, 3.63) is 185 Å². The van der Waals surface area contributed by atoms with E-state index in [0.29, 0.717) is 32.3 Å².